The van der Waals surface area contributed by atoms with Gasteiger partial charge in [0.2, 0.25) is 0 Å². The first kappa shape index (κ1) is 9.37. The van der Waals surface area contributed by atoms with Crippen LogP contribution in [0.25, 0.3) is 0 Å². The first-order valence-electron chi connectivity index (χ1n) is 3.57. The number of rotatable bonds is 3. The number of thiophene rings is 1. The smallest absolute Gasteiger partial charge is 0.0950 e. The second kappa shape index (κ2) is 4.34. The molecule has 4 heteroatoms. The summed E-state index contributed by atoms with van der Waals surface area (Å²) in [4.78, 5) is 2.03. The van der Waals surface area contributed by atoms with Gasteiger partial charge in [-0.2, -0.15) is 5.26 Å². The van der Waals surface area contributed by atoms with Gasteiger partial charge in [0.05, 0.1) is 21.8 Å². The highest BCUT2D eigenvalue weighted by atomic mass is 35.5. The molecular formula is C8H9ClN2S. The van der Waals surface area contributed by atoms with Crippen LogP contribution in [0, 0.1) is 11.3 Å². The predicted octanol–water partition coefficient (Wildman–Crippen LogP) is 2.75. The molecule has 0 spiro atoms. The molecule has 0 saturated heterocycles. The van der Waals surface area contributed by atoms with Crippen molar-refractivity contribution < 1.29 is 0 Å². The van der Waals surface area contributed by atoms with Crippen molar-refractivity contribution in [2.24, 2.45) is 0 Å². The lowest BCUT2D eigenvalue weighted by Gasteiger charge is -2.13. The van der Waals surface area contributed by atoms with Crippen LogP contribution >= 0.6 is 22.9 Å². The van der Waals surface area contributed by atoms with Crippen LogP contribution in [-0.2, 0) is 0 Å². The minimum Gasteiger partial charge on any atom is -0.365 e. The second-order valence-corrected chi connectivity index (χ2v) is 4.10. The highest BCUT2D eigenvalue weighted by molar-refractivity contribution is 7.19. The van der Waals surface area contributed by atoms with Crippen molar-refractivity contribution in [2.45, 2.75) is 6.42 Å². The van der Waals surface area contributed by atoms with E-state index in [4.69, 9.17) is 16.9 Å². The molecule has 0 N–H and O–H groups in total. The van der Waals surface area contributed by atoms with Gasteiger partial charge >= 0.3 is 0 Å². The Labute approximate surface area is 81.0 Å². The Bertz CT molecular complexity index is 289. The van der Waals surface area contributed by atoms with Crippen LogP contribution in [0.2, 0.25) is 4.34 Å². The molecule has 0 bridgehead atoms. The summed E-state index contributed by atoms with van der Waals surface area (Å²) in [5, 5.41) is 9.47. The van der Waals surface area contributed by atoms with Crippen molar-refractivity contribution in [1.82, 2.24) is 0 Å². The van der Waals surface area contributed by atoms with E-state index in [2.05, 4.69) is 6.07 Å². The van der Waals surface area contributed by atoms with Crippen molar-refractivity contribution in [3.05, 3.63) is 16.5 Å². The van der Waals surface area contributed by atoms with Gasteiger partial charge in [-0.05, 0) is 12.1 Å². The molecular weight excluding hydrogens is 192 g/mol. The van der Waals surface area contributed by atoms with E-state index >= 15 is 0 Å². The van der Waals surface area contributed by atoms with Crippen LogP contribution in [0.1, 0.15) is 6.42 Å². The molecule has 0 aromatic carbocycles. The van der Waals surface area contributed by atoms with Gasteiger partial charge in [0.25, 0.3) is 0 Å². The Morgan fingerprint density at radius 3 is 2.92 bits per heavy atom. The zero-order valence-corrected chi connectivity index (χ0v) is 8.32. The molecule has 0 aliphatic rings. The lowest BCUT2D eigenvalue weighted by atomic mass is 10.4. The lowest BCUT2D eigenvalue weighted by molar-refractivity contribution is 0.915. The predicted molar refractivity (Wildman–Crippen MR) is 52.8 cm³/mol. The maximum absolute atomic E-state index is 8.37. The number of nitrogens with zero attached hydrogens (tertiary/aromatic N) is 2. The first-order chi connectivity index (χ1) is 5.74. The van der Waals surface area contributed by atoms with Crippen LogP contribution in [0.15, 0.2) is 12.1 Å². The van der Waals surface area contributed by atoms with E-state index in [0.29, 0.717) is 6.42 Å². The highest BCUT2D eigenvalue weighted by Gasteiger charge is 2.02. The Kier molecular flexibility index (Phi) is 3.39. The summed E-state index contributed by atoms with van der Waals surface area (Å²) >= 11 is 7.29. The van der Waals surface area contributed by atoms with Crippen molar-refractivity contribution in [3.63, 3.8) is 0 Å². The molecule has 2 nitrogen and oxygen atoms in total. The summed E-state index contributed by atoms with van der Waals surface area (Å²) < 4.78 is 0.786. The average molecular weight is 201 g/mol. The molecule has 12 heavy (non-hydrogen) atoms. The number of nitriles is 1. The van der Waals surface area contributed by atoms with Crippen LogP contribution in [0.5, 0.6) is 0 Å². The summed E-state index contributed by atoms with van der Waals surface area (Å²) in [5.74, 6) is 0. The molecule has 0 unspecified atom stereocenters. The SMILES string of the molecule is CN(CCC#N)c1ccc(Cl)s1. The molecule has 1 rings (SSSR count). The average Bonchev–Trinajstić information content (AvgIpc) is 2.47. The number of hydrogen-bond acceptors (Lipinski definition) is 3. The monoisotopic (exact) mass is 200 g/mol. The number of hydrogen-bond donors (Lipinski definition) is 0. The third-order valence-corrected chi connectivity index (χ3v) is 2.84. The van der Waals surface area contributed by atoms with Gasteiger partial charge in [-0.3, -0.25) is 0 Å². The van der Waals surface area contributed by atoms with E-state index in [0.717, 1.165) is 15.9 Å². The summed E-state index contributed by atoms with van der Waals surface area (Å²) in [6.45, 7) is 0.757. The largest absolute Gasteiger partial charge is 0.365 e. The van der Waals surface area contributed by atoms with E-state index in [1.807, 2.05) is 24.1 Å². The van der Waals surface area contributed by atoms with Gasteiger partial charge in [0.15, 0.2) is 0 Å². The van der Waals surface area contributed by atoms with Crippen molar-refractivity contribution >= 4 is 27.9 Å². The van der Waals surface area contributed by atoms with Crippen molar-refractivity contribution in [1.29, 1.82) is 5.26 Å². The Morgan fingerprint density at radius 2 is 2.42 bits per heavy atom. The summed E-state index contributed by atoms with van der Waals surface area (Å²) in [6, 6.07) is 5.93. The van der Waals surface area contributed by atoms with E-state index in [1.165, 1.54) is 11.3 Å². The van der Waals surface area contributed by atoms with E-state index in [9.17, 15) is 0 Å². The maximum Gasteiger partial charge on any atom is 0.0950 e. The third kappa shape index (κ3) is 2.40. The Balaban J connectivity index is 2.54. The molecule has 0 aliphatic heterocycles. The minimum absolute atomic E-state index is 0.548. The van der Waals surface area contributed by atoms with Gasteiger partial charge in [0, 0.05) is 13.6 Å². The molecule has 0 atom stereocenters. The molecule has 1 aromatic rings. The molecule has 0 aliphatic carbocycles. The maximum atomic E-state index is 8.37. The van der Waals surface area contributed by atoms with E-state index in [1.54, 1.807) is 0 Å². The standard InChI is InChI=1S/C8H9ClN2S/c1-11(6-2-5-10)8-4-3-7(9)12-8/h3-4H,2,6H2,1H3. The summed E-state index contributed by atoms with van der Waals surface area (Å²) in [6.07, 6.45) is 0.548. The van der Waals surface area contributed by atoms with Gasteiger partial charge < -0.3 is 4.90 Å². The first-order valence-corrected chi connectivity index (χ1v) is 4.77. The molecule has 0 fully saturated rings. The molecule has 64 valence electrons. The van der Waals surface area contributed by atoms with Crippen LogP contribution in [0.3, 0.4) is 0 Å². The van der Waals surface area contributed by atoms with Crippen molar-refractivity contribution in [3.8, 4) is 6.07 Å². The Morgan fingerprint density at radius 1 is 1.67 bits per heavy atom. The van der Waals surface area contributed by atoms with Gasteiger partial charge in [0.1, 0.15) is 0 Å². The third-order valence-electron chi connectivity index (χ3n) is 1.49. The highest BCUT2D eigenvalue weighted by Crippen LogP contribution is 2.28. The summed E-state index contributed by atoms with van der Waals surface area (Å²) in [7, 11) is 1.96. The molecule has 0 radical (unpaired) electrons. The lowest BCUT2D eigenvalue weighted by Crippen LogP contribution is -2.16. The number of halogens is 1. The normalized spacial score (nSPS) is 9.42. The molecule has 1 aromatic heterocycles. The fourth-order valence-electron chi connectivity index (χ4n) is 0.838. The molecule has 0 saturated carbocycles. The van der Waals surface area contributed by atoms with Crippen molar-refractivity contribution in [2.75, 3.05) is 18.5 Å². The van der Waals surface area contributed by atoms with Crippen LogP contribution in [-0.4, -0.2) is 13.6 Å². The minimum atomic E-state index is 0.548. The van der Waals surface area contributed by atoms with E-state index in [-0.39, 0.29) is 0 Å². The summed E-state index contributed by atoms with van der Waals surface area (Å²) in [5.41, 5.74) is 0. The fourth-order valence-corrected chi connectivity index (χ4v) is 1.86. The van der Waals surface area contributed by atoms with E-state index < -0.39 is 0 Å². The van der Waals surface area contributed by atoms with Crippen LogP contribution in [0.4, 0.5) is 5.00 Å². The van der Waals surface area contributed by atoms with Crippen LogP contribution < -0.4 is 4.90 Å². The Hall–Kier alpha value is -0.720. The van der Waals surface area contributed by atoms with Gasteiger partial charge in [-0.15, -0.1) is 11.3 Å². The molecule has 1 heterocycles. The fraction of sp³-hybridized carbons (Fsp3) is 0.375. The topological polar surface area (TPSA) is 27.0 Å². The quantitative estimate of drug-likeness (QED) is 0.750. The zero-order valence-electron chi connectivity index (χ0n) is 6.75. The van der Waals surface area contributed by atoms with Gasteiger partial charge in [-0.1, -0.05) is 11.6 Å². The van der Waals surface area contributed by atoms with Gasteiger partial charge in [-0.25, -0.2) is 0 Å². The number of anilines is 1. The zero-order chi connectivity index (χ0) is 8.97. The molecule has 0 amide bonds. The second-order valence-electron chi connectivity index (χ2n) is 2.41.